The Hall–Kier alpha value is -2.03. The van der Waals surface area contributed by atoms with E-state index in [9.17, 15) is 14.4 Å². The van der Waals surface area contributed by atoms with Crippen LogP contribution in [-0.4, -0.2) is 54.1 Å². The van der Waals surface area contributed by atoms with Crippen molar-refractivity contribution >= 4 is 47.0 Å². The van der Waals surface area contributed by atoms with Crippen molar-refractivity contribution in [1.29, 1.82) is 0 Å². The Morgan fingerprint density at radius 2 is 1.69 bits per heavy atom. The molecule has 1 atom stereocenters. The van der Waals surface area contributed by atoms with Gasteiger partial charge in [-0.15, -0.1) is 23.2 Å². The Bertz CT molecular complexity index is 605. The van der Waals surface area contributed by atoms with E-state index in [1.54, 1.807) is 12.1 Å². The summed E-state index contributed by atoms with van der Waals surface area (Å²) in [5.74, 6) is -1.11. The Kier molecular flexibility index (Phi) is 9.79. The zero-order chi connectivity index (χ0) is 19.5. The number of carboxylic acids is 1. The summed E-state index contributed by atoms with van der Waals surface area (Å²) in [6.07, 6.45) is -1.70. The number of hydrogen-bond acceptors (Lipinski definition) is 7. The highest BCUT2D eigenvalue weighted by atomic mass is 35.5. The number of nitrogens with two attached hydrogens (primary N) is 1. The number of carbonyl (C=O) groups is 3. The molecule has 144 valence electrons. The van der Waals surface area contributed by atoms with Gasteiger partial charge in [-0.05, 0) is 30.7 Å². The average molecular weight is 407 g/mol. The molecular weight excluding hydrogens is 387 g/mol. The summed E-state index contributed by atoms with van der Waals surface area (Å²) in [5, 5.41) is 8.53. The summed E-state index contributed by atoms with van der Waals surface area (Å²) < 4.78 is 9.33. The number of alkyl halides is 2. The van der Waals surface area contributed by atoms with Crippen LogP contribution in [-0.2, 0) is 14.3 Å². The Morgan fingerprint density at radius 3 is 2.19 bits per heavy atom. The van der Waals surface area contributed by atoms with Crippen LogP contribution in [0.25, 0.3) is 0 Å². The number of carbonyl (C=O) groups excluding carboxylic acids is 2. The Morgan fingerprint density at radius 1 is 1.12 bits per heavy atom. The van der Waals surface area contributed by atoms with Gasteiger partial charge in [0.25, 0.3) is 0 Å². The van der Waals surface area contributed by atoms with Gasteiger partial charge < -0.3 is 25.2 Å². The van der Waals surface area contributed by atoms with E-state index in [0.29, 0.717) is 24.8 Å². The summed E-state index contributed by atoms with van der Waals surface area (Å²) in [5.41, 5.74) is 6.29. The molecule has 0 aliphatic rings. The molecule has 0 fully saturated rings. The SMILES string of the molecule is N[C@@H](CCC(=O)O)C(=O)OC(=O)Oc1ccc(N(CCCl)CCCl)cc1. The topological polar surface area (TPSA) is 119 Å². The standard InChI is InChI=1S/C16H20Cl2N2O6/c17-7-9-20(10-8-18)11-1-3-12(4-2-11)25-16(24)26-15(23)13(19)5-6-14(21)22/h1-4,13H,5-10,19H2,(H,21,22)/t13-/m0/s1. The fourth-order valence-corrected chi connectivity index (χ4v) is 2.38. The number of ether oxygens (including phenoxy) is 2. The minimum Gasteiger partial charge on any atom is -0.481 e. The van der Waals surface area contributed by atoms with Gasteiger partial charge in [0.05, 0.1) is 0 Å². The number of anilines is 1. The number of halogens is 2. The summed E-state index contributed by atoms with van der Waals surface area (Å²) in [6, 6.07) is 5.26. The smallest absolute Gasteiger partial charge is 0.481 e. The number of esters is 1. The first kappa shape index (κ1) is 22.0. The Labute approximate surface area is 160 Å². The van der Waals surface area contributed by atoms with Gasteiger partial charge in [0, 0.05) is 37.0 Å². The molecule has 0 unspecified atom stereocenters. The second-order valence-corrected chi connectivity index (χ2v) is 5.93. The van der Waals surface area contributed by atoms with Crippen molar-refractivity contribution in [3.8, 4) is 5.75 Å². The second kappa shape index (κ2) is 11.6. The highest BCUT2D eigenvalue weighted by Crippen LogP contribution is 2.20. The molecule has 1 aromatic carbocycles. The van der Waals surface area contributed by atoms with Gasteiger partial charge in [0.2, 0.25) is 0 Å². The predicted octanol–water partition coefficient (Wildman–Crippen LogP) is 2.20. The maximum atomic E-state index is 11.6. The van der Waals surface area contributed by atoms with Crippen molar-refractivity contribution in [2.45, 2.75) is 18.9 Å². The maximum Gasteiger partial charge on any atom is 0.521 e. The number of aliphatic carboxylic acids is 1. The molecular formula is C16H20Cl2N2O6. The maximum absolute atomic E-state index is 11.6. The van der Waals surface area contributed by atoms with Crippen LogP contribution in [0.15, 0.2) is 24.3 Å². The summed E-state index contributed by atoms with van der Waals surface area (Å²) in [6.45, 7) is 1.22. The van der Waals surface area contributed by atoms with Gasteiger partial charge in [0.1, 0.15) is 11.8 Å². The first-order valence-corrected chi connectivity index (χ1v) is 8.82. The first-order chi connectivity index (χ1) is 12.4. The van der Waals surface area contributed by atoms with Crippen LogP contribution >= 0.6 is 23.2 Å². The molecule has 0 heterocycles. The third kappa shape index (κ3) is 7.90. The molecule has 3 N–H and O–H groups in total. The van der Waals surface area contributed by atoms with E-state index in [-0.39, 0.29) is 18.6 Å². The van der Waals surface area contributed by atoms with Gasteiger partial charge in [0.15, 0.2) is 0 Å². The normalized spacial score (nSPS) is 11.5. The number of benzene rings is 1. The summed E-state index contributed by atoms with van der Waals surface area (Å²) in [4.78, 5) is 35.6. The lowest BCUT2D eigenvalue weighted by atomic mass is 10.2. The molecule has 0 aliphatic carbocycles. The van der Waals surface area contributed by atoms with Crippen LogP contribution in [0.3, 0.4) is 0 Å². The first-order valence-electron chi connectivity index (χ1n) is 7.75. The molecule has 0 aliphatic heterocycles. The van der Waals surface area contributed by atoms with E-state index in [2.05, 4.69) is 4.74 Å². The molecule has 0 aromatic heterocycles. The van der Waals surface area contributed by atoms with Crippen LogP contribution in [0.5, 0.6) is 5.75 Å². The van der Waals surface area contributed by atoms with Crippen LogP contribution in [0.1, 0.15) is 12.8 Å². The minimum absolute atomic E-state index is 0.146. The number of carboxylic acid groups (broad SMARTS) is 1. The van der Waals surface area contributed by atoms with Gasteiger partial charge in [-0.1, -0.05) is 0 Å². The number of hydrogen-bond donors (Lipinski definition) is 2. The Balaban J connectivity index is 2.56. The zero-order valence-electron chi connectivity index (χ0n) is 13.9. The van der Waals surface area contributed by atoms with E-state index in [1.165, 1.54) is 12.1 Å². The largest absolute Gasteiger partial charge is 0.521 e. The molecule has 10 heteroatoms. The van der Waals surface area contributed by atoms with Crippen molar-refractivity contribution in [2.24, 2.45) is 5.73 Å². The average Bonchev–Trinajstić information content (AvgIpc) is 2.60. The third-order valence-electron chi connectivity index (χ3n) is 3.27. The molecule has 8 nitrogen and oxygen atoms in total. The lowest BCUT2D eigenvalue weighted by Crippen LogP contribution is -2.35. The van der Waals surface area contributed by atoms with Crippen molar-refractivity contribution in [2.75, 3.05) is 29.7 Å². The van der Waals surface area contributed by atoms with E-state index < -0.39 is 24.1 Å². The summed E-state index contributed by atoms with van der Waals surface area (Å²) in [7, 11) is 0. The van der Waals surface area contributed by atoms with Crippen LogP contribution in [0, 0.1) is 0 Å². The number of nitrogens with zero attached hydrogens (tertiary/aromatic N) is 1. The molecule has 0 spiro atoms. The third-order valence-corrected chi connectivity index (χ3v) is 3.61. The lowest BCUT2D eigenvalue weighted by molar-refractivity contribution is -0.141. The fraction of sp³-hybridized carbons (Fsp3) is 0.438. The van der Waals surface area contributed by atoms with Gasteiger partial charge in [-0.2, -0.15) is 0 Å². The molecule has 0 saturated carbocycles. The molecule has 0 amide bonds. The quantitative estimate of drug-likeness (QED) is 0.262. The van der Waals surface area contributed by atoms with E-state index >= 15 is 0 Å². The van der Waals surface area contributed by atoms with E-state index in [1.807, 2.05) is 4.90 Å². The van der Waals surface area contributed by atoms with Crippen molar-refractivity contribution in [3.05, 3.63) is 24.3 Å². The van der Waals surface area contributed by atoms with Crippen molar-refractivity contribution in [1.82, 2.24) is 0 Å². The van der Waals surface area contributed by atoms with Gasteiger partial charge in [-0.3, -0.25) is 4.79 Å². The molecule has 0 radical (unpaired) electrons. The number of rotatable bonds is 10. The van der Waals surface area contributed by atoms with Gasteiger partial charge in [-0.25, -0.2) is 9.59 Å². The van der Waals surface area contributed by atoms with Crippen LogP contribution in [0.4, 0.5) is 10.5 Å². The highest BCUT2D eigenvalue weighted by molar-refractivity contribution is 6.18. The summed E-state index contributed by atoms with van der Waals surface area (Å²) >= 11 is 11.5. The minimum atomic E-state index is -1.24. The van der Waals surface area contributed by atoms with Crippen LogP contribution in [0.2, 0.25) is 0 Å². The molecule has 0 saturated heterocycles. The zero-order valence-corrected chi connectivity index (χ0v) is 15.4. The predicted molar refractivity (Wildman–Crippen MR) is 97.1 cm³/mol. The molecule has 1 rings (SSSR count). The van der Waals surface area contributed by atoms with Crippen molar-refractivity contribution in [3.63, 3.8) is 0 Å². The monoisotopic (exact) mass is 406 g/mol. The van der Waals surface area contributed by atoms with E-state index in [4.69, 9.17) is 38.8 Å². The second-order valence-electron chi connectivity index (χ2n) is 5.17. The highest BCUT2D eigenvalue weighted by Gasteiger charge is 2.21. The molecule has 26 heavy (non-hydrogen) atoms. The lowest BCUT2D eigenvalue weighted by Gasteiger charge is -2.22. The van der Waals surface area contributed by atoms with Crippen LogP contribution < -0.4 is 15.4 Å². The van der Waals surface area contributed by atoms with Crippen molar-refractivity contribution < 1.29 is 29.0 Å². The molecule has 0 bridgehead atoms. The fourth-order valence-electron chi connectivity index (χ4n) is 1.97. The van der Waals surface area contributed by atoms with E-state index in [0.717, 1.165) is 5.69 Å². The molecule has 1 aromatic rings. The van der Waals surface area contributed by atoms with Gasteiger partial charge >= 0.3 is 18.1 Å².